The Morgan fingerprint density at radius 3 is 1.59 bits per heavy atom. The van der Waals surface area contributed by atoms with Crippen LogP contribution >= 0.6 is 0 Å². The first-order chi connectivity index (χ1) is 9.86. The summed E-state index contributed by atoms with van der Waals surface area (Å²) < 4.78 is 107. The molecule has 22 heavy (non-hydrogen) atoms. The van der Waals surface area contributed by atoms with Crippen molar-refractivity contribution in [1.82, 2.24) is 0 Å². The fourth-order valence-electron chi connectivity index (χ4n) is 1.38. The average Bonchev–Trinajstić information content (AvgIpc) is 2.38. The van der Waals surface area contributed by atoms with Crippen molar-refractivity contribution in [2.75, 3.05) is 13.2 Å². The van der Waals surface area contributed by atoms with Crippen LogP contribution in [0.5, 0.6) is 0 Å². The molecule has 0 rings (SSSR count). The summed E-state index contributed by atoms with van der Waals surface area (Å²) in [4.78, 5) is 0. The zero-order valence-electron chi connectivity index (χ0n) is 12.5. The average molecular weight is 360 g/mol. The predicted molar refractivity (Wildman–Crippen MR) is 66.4 cm³/mol. The monoisotopic (exact) mass is 360 g/mol. The van der Waals surface area contributed by atoms with Crippen LogP contribution in [0, 0.1) is 0 Å². The molecule has 0 aromatic heterocycles. The van der Waals surface area contributed by atoms with Crippen LogP contribution in [-0.2, 0) is 13.3 Å². The van der Waals surface area contributed by atoms with E-state index in [4.69, 9.17) is 8.85 Å². The van der Waals surface area contributed by atoms with Crippen LogP contribution in [0.25, 0.3) is 0 Å². The molecule has 0 N–H and O–H groups in total. The molecule has 0 spiro atoms. The van der Waals surface area contributed by atoms with Crippen LogP contribution in [0.15, 0.2) is 0 Å². The third-order valence-electron chi connectivity index (χ3n) is 2.77. The van der Waals surface area contributed by atoms with Gasteiger partial charge in [0.15, 0.2) is 6.17 Å². The Labute approximate surface area is 125 Å². The molecule has 0 aromatic carbocycles. The molecule has 0 radical (unpaired) electrons. The minimum atomic E-state index is -5.94. The molecule has 3 nitrogen and oxygen atoms in total. The van der Waals surface area contributed by atoms with Crippen molar-refractivity contribution in [1.29, 1.82) is 0 Å². The number of halogens is 7. The van der Waals surface area contributed by atoms with Crippen LogP contribution in [0.1, 0.15) is 27.7 Å². The molecule has 0 aliphatic heterocycles. The molecule has 0 fully saturated rings. The number of hydrogen-bond donors (Lipinski definition) is 0. The summed E-state index contributed by atoms with van der Waals surface area (Å²) in [6.45, 7) is 3.53. The van der Waals surface area contributed by atoms with Gasteiger partial charge in [-0.3, -0.25) is 0 Å². The number of hydrogen-bond acceptors (Lipinski definition) is 3. The second-order valence-corrected chi connectivity index (χ2v) is 5.93. The van der Waals surface area contributed by atoms with E-state index in [2.05, 4.69) is 4.43 Å². The van der Waals surface area contributed by atoms with Gasteiger partial charge in [-0.05, 0) is 27.7 Å². The van der Waals surface area contributed by atoms with E-state index in [-0.39, 0.29) is 20.1 Å². The molecule has 2 unspecified atom stereocenters. The molecule has 0 aromatic rings. The van der Waals surface area contributed by atoms with Crippen LogP contribution in [-0.4, -0.2) is 52.8 Å². The van der Waals surface area contributed by atoms with E-state index < -0.39 is 39.6 Å². The van der Waals surface area contributed by atoms with E-state index in [1.54, 1.807) is 0 Å². The number of rotatable bonds is 10. The lowest BCUT2D eigenvalue weighted by atomic mass is 9.98. The highest BCUT2D eigenvalue weighted by Gasteiger charge is 2.75. The largest absolute Gasteiger partial charge is 0.484 e. The molecule has 11 heteroatoms. The van der Waals surface area contributed by atoms with E-state index in [1.165, 1.54) is 13.8 Å². The molecule has 0 saturated carbocycles. The second kappa shape index (κ2) is 7.93. The SMILES string of the molecule is CCO[SiH](OCC)OC(C)C(F)(F)C(F)(F)C(F)(F)C(C)F. The van der Waals surface area contributed by atoms with Crippen molar-refractivity contribution in [3.05, 3.63) is 0 Å². The lowest BCUT2D eigenvalue weighted by Gasteiger charge is -2.37. The molecule has 0 aliphatic rings. The van der Waals surface area contributed by atoms with Gasteiger partial charge in [0.25, 0.3) is 0 Å². The Morgan fingerprint density at radius 2 is 1.27 bits per heavy atom. The van der Waals surface area contributed by atoms with Crippen molar-refractivity contribution in [3.63, 3.8) is 0 Å². The Morgan fingerprint density at radius 1 is 0.864 bits per heavy atom. The first-order valence-electron chi connectivity index (χ1n) is 6.52. The van der Waals surface area contributed by atoms with Crippen molar-refractivity contribution in [3.8, 4) is 0 Å². The topological polar surface area (TPSA) is 27.7 Å². The highest BCUT2D eigenvalue weighted by atomic mass is 28.3. The van der Waals surface area contributed by atoms with Crippen LogP contribution in [0.4, 0.5) is 30.7 Å². The molecule has 0 amide bonds. The van der Waals surface area contributed by atoms with Gasteiger partial charge in [0.05, 0.1) is 0 Å². The maximum atomic E-state index is 13.7. The minimum Gasteiger partial charge on any atom is -0.376 e. The number of alkyl halides is 7. The molecular weight excluding hydrogens is 341 g/mol. The third-order valence-corrected chi connectivity index (χ3v) is 4.61. The van der Waals surface area contributed by atoms with E-state index in [1.807, 2.05) is 0 Å². The molecule has 2 atom stereocenters. The summed E-state index contributed by atoms with van der Waals surface area (Å²) in [5.41, 5.74) is 0. The van der Waals surface area contributed by atoms with Crippen LogP contribution < -0.4 is 0 Å². The minimum absolute atomic E-state index is 0.00322. The fourth-order valence-corrected chi connectivity index (χ4v) is 2.68. The first-order valence-corrected chi connectivity index (χ1v) is 7.93. The highest BCUT2D eigenvalue weighted by molar-refractivity contribution is 6.36. The summed E-state index contributed by atoms with van der Waals surface area (Å²) >= 11 is 0. The van der Waals surface area contributed by atoms with E-state index in [9.17, 15) is 30.7 Å². The van der Waals surface area contributed by atoms with Gasteiger partial charge < -0.3 is 13.3 Å². The fraction of sp³-hybridized carbons (Fsp3) is 1.00. The summed E-state index contributed by atoms with van der Waals surface area (Å²) in [7, 11) is -3.19. The lowest BCUT2D eigenvalue weighted by Crippen LogP contribution is -2.62. The third kappa shape index (κ3) is 4.33. The molecule has 0 heterocycles. The van der Waals surface area contributed by atoms with Crippen molar-refractivity contribution in [2.45, 2.75) is 57.7 Å². The molecule has 0 aliphatic carbocycles. The van der Waals surface area contributed by atoms with E-state index >= 15 is 0 Å². The molecule has 0 saturated heterocycles. The maximum Gasteiger partial charge on any atom is 0.484 e. The zero-order valence-corrected chi connectivity index (χ0v) is 13.7. The summed E-state index contributed by atoms with van der Waals surface area (Å²) in [5, 5.41) is 0. The Kier molecular flexibility index (Phi) is 7.79. The highest BCUT2D eigenvalue weighted by Crippen LogP contribution is 2.50. The standard InChI is InChI=1S/C11H19F7O3Si/c1-5-19-22(20-6-2)21-8(4)10(15,16)11(17,18)9(13,14)7(3)12/h7-8,22H,5-6H2,1-4H3. The maximum absolute atomic E-state index is 13.7. The van der Waals surface area contributed by atoms with Gasteiger partial charge in [-0.2, -0.15) is 26.3 Å². The van der Waals surface area contributed by atoms with Crippen LogP contribution in [0.3, 0.4) is 0 Å². The normalized spacial score (nSPS) is 16.9. The van der Waals surface area contributed by atoms with Gasteiger partial charge in [0.1, 0.15) is 6.10 Å². The van der Waals surface area contributed by atoms with Gasteiger partial charge in [-0.25, -0.2) is 4.39 Å². The van der Waals surface area contributed by atoms with Crippen molar-refractivity contribution in [2.24, 2.45) is 0 Å². The quantitative estimate of drug-likeness (QED) is 0.441. The Balaban J connectivity index is 5.26. The van der Waals surface area contributed by atoms with Gasteiger partial charge in [-0.1, -0.05) is 0 Å². The molecule has 0 bridgehead atoms. The first kappa shape index (κ1) is 21.6. The lowest BCUT2D eigenvalue weighted by molar-refractivity contribution is -0.341. The van der Waals surface area contributed by atoms with E-state index in [0.717, 1.165) is 0 Å². The Hall–Kier alpha value is -0.393. The van der Waals surface area contributed by atoms with Gasteiger partial charge in [0, 0.05) is 13.2 Å². The van der Waals surface area contributed by atoms with E-state index in [0.29, 0.717) is 6.92 Å². The zero-order chi connectivity index (χ0) is 17.8. The van der Waals surface area contributed by atoms with Gasteiger partial charge in [0.2, 0.25) is 0 Å². The summed E-state index contributed by atoms with van der Waals surface area (Å²) in [5.74, 6) is -16.8. The molecule has 134 valence electrons. The van der Waals surface area contributed by atoms with Crippen LogP contribution in [0.2, 0.25) is 0 Å². The smallest absolute Gasteiger partial charge is 0.376 e. The van der Waals surface area contributed by atoms with Crippen molar-refractivity contribution < 1.29 is 44.0 Å². The van der Waals surface area contributed by atoms with Gasteiger partial charge in [-0.15, -0.1) is 0 Å². The summed E-state index contributed by atoms with van der Waals surface area (Å²) in [6, 6.07) is 0. The Bertz CT molecular complexity index is 336. The molecular formula is C11H19F7O3Si. The van der Waals surface area contributed by atoms with Gasteiger partial charge >= 0.3 is 27.3 Å². The second-order valence-electron chi connectivity index (χ2n) is 4.41. The predicted octanol–water partition coefficient (Wildman–Crippen LogP) is 3.45. The summed E-state index contributed by atoms with van der Waals surface area (Å²) in [6.07, 6.45) is -6.12. The van der Waals surface area contributed by atoms with Crippen molar-refractivity contribution >= 4 is 9.53 Å².